The molecule has 96 valence electrons. The SMILES string of the molecule is FC(F)(F)c1nc2cccnc2n1-c1ccccc1. The van der Waals surface area contributed by atoms with Gasteiger partial charge in [0.25, 0.3) is 0 Å². The van der Waals surface area contributed by atoms with Crippen LogP contribution in [-0.4, -0.2) is 14.5 Å². The third-order valence-electron chi connectivity index (χ3n) is 2.68. The first kappa shape index (κ1) is 11.7. The van der Waals surface area contributed by atoms with E-state index < -0.39 is 12.0 Å². The third kappa shape index (κ3) is 1.95. The van der Waals surface area contributed by atoms with Gasteiger partial charge in [0.1, 0.15) is 5.52 Å². The van der Waals surface area contributed by atoms with Gasteiger partial charge in [-0.3, -0.25) is 4.57 Å². The molecular formula is C13H8F3N3. The van der Waals surface area contributed by atoms with Crippen LogP contribution >= 0.6 is 0 Å². The van der Waals surface area contributed by atoms with Crippen LogP contribution in [-0.2, 0) is 6.18 Å². The minimum absolute atomic E-state index is 0.195. The normalized spacial score (nSPS) is 11.9. The summed E-state index contributed by atoms with van der Waals surface area (Å²) in [7, 11) is 0. The second-order valence-corrected chi connectivity index (χ2v) is 3.95. The van der Waals surface area contributed by atoms with E-state index in [0.29, 0.717) is 5.69 Å². The maximum absolute atomic E-state index is 13.1. The molecule has 19 heavy (non-hydrogen) atoms. The van der Waals surface area contributed by atoms with E-state index in [-0.39, 0.29) is 11.2 Å². The molecule has 0 aliphatic heterocycles. The lowest BCUT2D eigenvalue weighted by atomic mass is 10.3. The molecule has 0 aliphatic carbocycles. The van der Waals surface area contributed by atoms with Gasteiger partial charge in [-0.05, 0) is 24.3 Å². The van der Waals surface area contributed by atoms with E-state index in [9.17, 15) is 13.2 Å². The summed E-state index contributed by atoms with van der Waals surface area (Å²) in [5.41, 5.74) is 0.802. The van der Waals surface area contributed by atoms with Gasteiger partial charge in [-0.1, -0.05) is 18.2 Å². The van der Waals surface area contributed by atoms with Crippen molar-refractivity contribution in [2.75, 3.05) is 0 Å². The minimum atomic E-state index is -4.53. The van der Waals surface area contributed by atoms with Gasteiger partial charge in [0.2, 0.25) is 5.82 Å². The van der Waals surface area contributed by atoms with Gasteiger partial charge in [0.05, 0.1) is 0 Å². The van der Waals surface area contributed by atoms with Crippen LogP contribution in [0.4, 0.5) is 13.2 Å². The minimum Gasteiger partial charge on any atom is -0.273 e. The molecule has 3 nitrogen and oxygen atoms in total. The van der Waals surface area contributed by atoms with Gasteiger partial charge in [0.15, 0.2) is 5.65 Å². The number of hydrogen-bond donors (Lipinski definition) is 0. The van der Waals surface area contributed by atoms with E-state index in [2.05, 4.69) is 9.97 Å². The summed E-state index contributed by atoms with van der Waals surface area (Å²) in [5.74, 6) is -0.965. The lowest BCUT2D eigenvalue weighted by Crippen LogP contribution is -2.14. The molecule has 0 amide bonds. The highest BCUT2D eigenvalue weighted by Gasteiger charge is 2.38. The number of pyridine rings is 1. The quantitative estimate of drug-likeness (QED) is 0.673. The number of nitrogens with zero attached hydrogens (tertiary/aromatic N) is 3. The fourth-order valence-electron chi connectivity index (χ4n) is 1.92. The zero-order valence-electron chi connectivity index (χ0n) is 9.59. The Morgan fingerprint density at radius 1 is 0.947 bits per heavy atom. The Morgan fingerprint density at radius 3 is 2.37 bits per heavy atom. The molecule has 0 atom stereocenters. The van der Waals surface area contributed by atoms with Crippen molar-refractivity contribution in [2.24, 2.45) is 0 Å². The number of imidazole rings is 1. The fourth-order valence-corrected chi connectivity index (χ4v) is 1.92. The predicted octanol–water partition coefficient (Wildman–Crippen LogP) is 3.44. The van der Waals surface area contributed by atoms with Crippen molar-refractivity contribution in [2.45, 2.75) is 6.18 Å². The highest BCUT2D eigenvalue weighted by Crippen LogP contribution is 2.32. The average Bonchev–Trinajstić information content (AvgIpc) is 2.79. The Labute approximate surface area is 106 Å². The lowest BCUT2D eigenvalue weighted by Gasteiger charge is -2.10. The largest absolute Gasteiger partial charge is 0.450 e. The van der Waals surface area contributed by atoms with Crippen molar-refractivity contribution in [3.63, 3.8) is 0 Å². The van der Waals surface area contributed by atoms with Gasteiger partial charge in [0, 0.05) is 11.9 Å². The number of fused-ring (bicyclic) bond motifs is 1. The van der Waals surface area contributed by atoms with Gasteiger partial charge in [-0.2, -0.15) is 13.2 Å². The highest BCUT2D eigenvalue weighted by molar-refractivity contribution is 5.73. The molecule has 0 bridgehead atoms. The predicted molar refractivity (Wildman–Crippen MR) is 63.9 cm³/mol. The van der Waals surface area contributed by atoms with Crippen LogP contribution in [0.2, 0.25) is 0 Å². The molecule has 1 aromatic carbocycles. The zero-order valence-corrected chi connectivity index (χ0v) is 9.59. The summed E-state index contributed by atoms with van der Waals surface area (Å²) in [4.78, 5) is 7.63. The number of para-hydroxylation sites is 1. The monoisotopic (exact) mass is 263 g/mol. The number of halogens is 3. The van der Waals surface area contributed by atoms with E-state index in [4.69, 9.17) is 0 Å². The molecule has 6 heteroatoms. The fraction of sp³-hybridized carbons (Fsp3) is 0.0769. The molecule has 0 saturated heterocycles. The summed E-state index contributed by atoms with van der Waals surface area (Å²) in [6, 6.07) is 11.3. The van der Waals surface area contributed by atoms with E-state index in [1.807, 2.05) is 0 Å². The Hall–Kier alpha value is -2.37. The van der Waals surface area contributed by atoms with Crippen LogP contribution in [0.25, 0.3) is 16.9 Å². The average molecular weight is 263 g/mol. The molecule has 3 rings (SSSR count). The van der Waals surface area contributed by atoms with E-state index in [1.54, 1.807) is 36.4 Å². The lowest BCUT2D eigenvalue weighted by molar-refractivity contribution is -0.145. The number of hydrogen-bond acceptors (Lipinski definition) is 2. The molecule has 0 aliphatic rings. The van der Waals surface area contributed by atoms with Crippen molar-refractivity contribution in [3.8, 4) is 5.69 Å². The van der Waals surface area contributed by atoms with Crippen LogP contribution in [0.15, 0.2) is 48.7 Å². The molecule has 0 N–H and O–H groups in total. The maximum Gasteiger partial charge on any atom is 0.450 e. The number of alkyl halides is 3. The molecule has 0 spiro atoms. The van der Waals surface area contributed by atoms with Gasteiger partial charge in [-0.15, -0.1) is 0 Å². The summed E-state index contributed by atoms with van der Waals surface area (Å²) in [6.45, 7) is 0. The first-order chi connectivity index (χ1) is 9.07. The summed E-state index contributed by atoms with van der Waals surface area (Å²) in [5, 5.41) is 0. The molecule has 0 unspecified atom stereocenters. The van der Waals surface area contributed by atoms with E-state index >= 15 is 0 Å². The van der Waals surface area contributed by atoms with Crippen LogP contribution in [0.5, 0.6) is 0 Å². The molecule has 0 radical (unpaired) electrons. The Morgan fingerprint density at radius 2 is 1.68 bits per heavy atom. The Bertz CT molecular complexity index is 717. The first-order valence-electron chi connectivity index (χ1n) is 5.53. The summed E-state index contributed by atoms with van der Waals surface area (Å²) >= 11 is 0. The van der Waals surface area contributed by atoms with Crippen molar-refractivity contribution in [1.29, 1.82) is 0 Å². The van der Waals surface area contributed by atoms with Crippen molar-refractivity contribution >= 4 is 11.2 Å². The molecule has 2 heterocycles. The second kappa shape index (κ2) is 4.08. The van der Waals surface area contributed by atoms with Crippen molar-refractivity contribution < 1.29 is 13.2 Å². The van der Waals surface area contributed by atoms with Gasteiger partial charge >= 0.3 is 6.18 Å². The highest BCUT2D eigenvalue weighted by atomic mass is 19.4. The van der Waals surface area contributed by atoms with Crippen LogP contribution < -0.4 is 0 Å². The Balaban J connectivity index is 2.38. The van der Waals surface area contributed by atoms with E-state index in [0.717, 1.165) is 4.57 Å². The maximum atomic E-state index is 13.1. The standard InChI is InChI=1S/C13H8F3N3/c14-13(15,16)12-18-10-7-4-8-17-11(10)19(12)9-5-2-1-3-6-9/h1-8H. The van der Waals surface area contributed by atoms with Crippen LogP contribution in [0, 0.1) is 0 Å². The summed E-state index contributed by atoms with van der Waals surface area (Å²) < 4.78 is 40.2. The Kier molecular flexibility index (Phi) is 2.51. The molecular weight excluding hydrogens is 255 g/mol. The molecule has 0 fully saturated rings. The van der Waals surface area contributed by atoms with Crippen LogP contribution in [0.3, 0.4) is 0 Å². The molecule has 3 aromatic rings. The topological polar surface area (TPSA) is 30.7 Å². The molecule has 2 aromatic heterocycles. The molecule has 0 saturated carbocycles. The van der Waals surface area contributed by atoms with Gasteiger partial charge < -0.3 is 0 Å². The summed E-state index contributed by atoms with van der Waals surface area (Å²) in [6.07, 6.45) is -3.08. The van der Waals surface area contributed by atoms with Gasteiger partial charge in [-0.25, -0.2) is 9.97 Å². The third-order valence-corrected chi connectivity index (χ3v) is 2.68. The smallest absolute Gasteiger partial charge is 0.273 e. The van der Waals surface area contributed by atoms with Crippen molar-refractivity contribution in [3.05, 3.63) is 54.5 Å². The zero-order chi connectivity index (χ0) is 13.5. The number of rotatable bonds is 1. The number of benzene rings is 1. The van der Waals surface area contributed by atoms with Crippen molar-refractivity contribution in [1.82, 2.24) is 14.5 Å². The first-order valence-corrected chi connectivity index (χ1v) is 5.53. The van der Waals surface area contributed by atoms with E-state index in [1.165, 1.54) is 12.3 Å². The second-order valence-electron chi connectivity index (χ2n) is 3.95. The van der Waals surface area contributed by atoms with Crippen LogP contribution in [0.1, 0.15) is 5.82 Å². The number of aromatic nitrogens is 3.